The Kier molecular flexibility index (Phi) is 4.61. The van der Waals surface area contributed by atoms with Gasteiger partial charge in [-0.25, -0.2) is 4.98 Å². The number of pyridine rings is 1. The lowest BCUT2D eigenvalue weighted by Gasteiger charge is -2.30. The molecule has 126 valence electrons. The molecule has 0 spiro atoms. The van der Waals surface area contributed by atoms with Crippen LogP contribution in [-0.4, -0.2) is 51.1 Å². The highest BCUT2D eigenvalue weighted by Crippen LogP contribution is 2.20. The summed E-state index contributed by atoms with van der Waals surface area (Å²) in [6, 6.07) is 5.42. The number of hydrogen-bond donors (Lipinski definition) is 1. The first-order chi connectivity index (χ1) is 11.2. The number of fused-ring (bicyclic) bond motifs is 1. The zero-order valence-corrected chi connectivity index (χ0v) is 13.9. The zero-order valence-electron chi connectivity index (χ0n) is 13.0. The second kappa shape index (κ2) is 6.68. The smallest absolute Gasteiger partial charge is 0.270 e. The standard InChI is InChI=1S/C15H16N6O2.ClH/c1-20-7-5-16-9-11(20)13-18-14(23-19-13)10-8-17-12-4-2-3-6-21(12)15(10)22;/h2-4,6,8,11,16H,5,7,9H2,1H3;1H. The number of nitrogens with one attached hydrogen (secondary N) is 1. The van der Waals surface area contributed by atoms with Gasteiger partial charge in [0.25, 0.3) is 11.4 Å². The third-order valence-corrected chi connectivity index (χ3v) is 4.09. The predicted octanol–water partition coefficient (Wildman–Crippen LogP) is 0.742. The van der Waals surface area contributed by atoms with Crippen LogP contribution in [0.25, 0.3) is 17.1 Å². The molecule has 1 unspecified atom stereocenters. The van der Waals surface area contributed by atoms with Crippen LogP contribution in [0.15, 0.2) is 39.9 Å². The van der Waals surface area contributed by atoms with Crippen LogP contribution in [0.2, 0.25) is 0 Å². The maximum absolute atomic E-state index is 12.6. The number of aromatic nitrogens is 4. The van der Waals surface area contributed by atoms with Gasteiger partial charge in [-0.05, 0) is 19.2 Å². The summed E-state index contributed by atoms with van der Waals surface area (Å²) >= 11 is 0. The maximum Gasteiger partial charge on any atom is 0.270 e. The van der Waals surface area contributed by atoms with Crippen molar-refractivity contribution in [2.75, 3.05) is 26.7 Å². The van der Waals surface area contributed by atoms with Crippen molar-refractivity contribution in [2.45, 2.75) is 6.04 Å². The summed E-state index contributed by atoms with van der Waals surface area (Å²) in [5.74, 6) is 0.780. The van der Waals surface area contributed by atoms with Gasteiger partial charge >= 0.3 is 0 Å². The number of halogens is 1. The van der Waals surface area contributed by atoms with Crippen molar-refractivity contribution >= 4 is 18.1 Å². The number of piperazine rings is 1. The number of rotatable bonds is 2. The predicted molar refractivity (Wildman–Crippen MR) is 90.2 cm³/mol. The Hall–Kier alpha value is -2.29. The van der Waals surface area contributed by atoms with E-state index in [0.717, 1.165) is 19.6 Å². The lowest BCUT2D eigenvalue weighted by molar-refractivity contribution is 0.190. The van der Waals surface area contributed by atoms with Crippen LogP contribution in [0.4, 0.5) is 0 Å². The Bertz CT molecular complexity index is 908. The number of likely N-dealkylation sites (N-methyl/N-ethyl adjacent to an activating group) is 1. The molecule has 0 bridgehead atoms. The van der Waals surface area contributed by atoms with Gasteiger partial charge in [-0.1, -0.05) is 11.2 Å². The molecule has 4 heterocycles. The van der Waals surface area contributed by atoms with E-state index in [1.807, 2.05) is 13.1 Å². The van der Waals surface area contributed by atoms with E-state index in [0.29, 0.717) is 17.0 Å². The highest BCUT2D eigenvalue weighted by molar-refractivity contribution is 5.85. The highest BCUT2D eigenvalue weighted by Gasteiger charge is 2.26. The average molecular weight is 349 g/mol. The molecular formula is C15H17ClN6O2. The van der Waals surface area contributed by atoms with E-state index in [-0.39, 0.29) is 29.9 Å². The third-order valence-electron chi connectivity index (χ3n) is 4.09. The molecule has 8 nitrogen and oxygen atoms in total. The van der Waals surface area contributed by atoms with Crippen molar-refractivity contribution in [2.24, 2.45) is 0 Å². The van der Waals surface area contributed by atoms with Gasteiger partial charge in [0.1, 0.15) is 11.2 Å². The zero-order chi connectivity index (χ0) is 15.8. The van der Waals surface area contributed by atoms with E-state index in [9.17, 15) is 4.79 Å². The Morgan fingerprint density at radius 1 is 1.38 bits per heavy atom. The average Bonchev–Trinajstić information content (AvgIpc) is 3.05. The van der Waals surface area contributed by atoms with E-state index in [4.69, 9.17) is 4.52 Å². The summed E-state index contributed by atoms with van der Waals surface area (Å²) in [7, 11) is 2.02. The van der Waals surface area contributed by atoms with Gasteiger partial charge in [0.05, 0.1) is 6.04 Å². The first kappa shape index (κ1) is 16.6. The quantitative estimate of drug-likeness (QED) is 0.730. The molecule has 0 aromatic carbocycles. The summed E-state index contributed by atoms with van der Waals surface area (Å²) in [6.45, 7) is 2.60. The van der Waals surface area contributed by atoms with Crippen LogP contribution in [0.5, 0.6) is 0 Å². The fraction of sp³-hybridized carbons (Fsp3) is 0.333. The number of hydrogen-bond acceptors (Lipinski definition) is 7. The van der Waals surface area contributed by atoms with E-state index in [2.05, 4.69) is 25.3 Å². The van der Waals surface area contributed by atoms with Crippen molar-refractivity contribution in [1.82, 2.24) is 29.7 Å². The maximum atomic E-state index is 12.6. The van der Waals surface area contributed by atoms with Crippen LogP contribution < -0.4 is 10.9 Å². The van der Waals surface area contributed by atoms with Gasteiger partial charge in [-0.2, -0.15) is 4.98 Å². The van der Waals surface area contributed by atoms with Crippen LogP contribution in [0.1, 0.15) is 11.9 Å². The molecule has 0 saturated carbocycles. The molecule has 3 aromatic heterocycles. The van der Waals surface area contributed by atoms with Gasteiger partial charge in [0.15, 0.2) is 5.82 Å². The van der Waals surface area contributed by atoms with E-state index < -0.39 is 0 Å². The van der Waals surface area contributed by atoms with Crippen molar-refractivity contribution in [1.29, 1.82) is 0 Å². The van der Waals surface area contributed by atoms with Crippen LogP contribution in [0.3, 0.4) is 0 Å². The molecule has 0 aliphatic carbocycles. The monoisotopic (exact) mass is 348 g/mol. The molecule has 1 fully saturated rings. The van der Waals surface area contributed by atoms with Gasteiger partial charge in [-0.15, -0.1) is 12.4 Å². The lowest BCUT2D eigenvalue weighted by atomic mass is 10.2. The van der Waals surface area contributed by atoms with Gasteiger partial charge in [-0.3, -0.25) is 14.1 Å². The van der Waals surface area contributed by atoms with Crippen LogP contribution >= 0.6 is 12.4 Å². The molecule has 1 aliphatic rings. The molecule has 9 heteroatoms. The van der Waals surface area contributed by atoms with Crippen LogP contribution in [0, 0.1) is 0 Å². The molecule has 0 radical (unpaired) electrons. The molecule has 1 saturated heterocycles. The summed E-state index contributed by atoms with van der Waals surface area (Å²) in [6.07, 6.45) is 3.15. The Labute approximate surface area is 143 Å². The number of nitrogens with zero attached hydrogens (tertiary/aromatic N) is 5. The van der Waals surface area contributed by atoms with Gasteiger partial charge in [0, 0.05) is 32.0 Å². The lowest BCUT2D eigenvalue weighted by Crippen LogP contribution is -2.44. The Morgan fingerprint density at radius 2 is 2.25 bits per heavy atom. The summed E-state index contributed by atoms with van der Waals surface area (Å²) in [5, 5.41) is 7.35. The van der Waals surface area contributed by atoms with Crippen molar-refractivity contribution in [3.8, 4) is 11.5 Å². The topological polar surface area (TPSA) is 88.6 Å². The van der Waals surface area contributed by atoms with Crippen molar-refractivity contribution < 1.29 is 4.52 Å². The highest BCUT2D eigenvalue weighted by atomic mass is 35.5. The minimum absolute atomic E-state index is 0. The summed E-state index contributed by atoms with van der Waals surface area (Å²) in [4.78, 5) is 23.4. The third kappa shape index (κ3) is 2.79. The van der Waals surface area contributed by atoms with Crippen LogP contribution in [-0.2, 0) is 0 Å². The second-order valence-corrected chi connectivity index (χ2v) is 5.56. The van der Waals surface area contributed by atoms with Gasteiger partial charge in [0.2, 0.25) is 0 Å². The van der Waals surface area contributed by atoms with Gasteiger partial charge < -0.3 is 9.84 Å². The first-order valence-electron chi connectivity index (χ1n) is 7.45. The fourth-order valence-electron chi connectivity index (χ4n) is 2.75. The SMILES string of the molecule is CN1CCNCC1c1noc(-c2cnc3ccccn3c2=O)n1.Cl. The molecule has 1 aliphatic heterocycles. The van der Waals surface area contributed by atoms with Crippen molar-refractivity contribution in [3.63, 3.8) is 0 Å². The first-order valence-corrected chi connectivity index (χ1v) is 7.45. The minimum Gasteiger partial charge on any atom is -0.334 e. The fourth-order valence-corrected chi connectivity index (χ4v) is 2.75. The summed E-state index contributed by atoms with van der Waals surface area (Å²) < 4.78 is 6.78. The molecule has 4 rings (SSSR count). The Balaban J connectivity index is 0.00000169. The normalized spacial score (nSPS) is 18.5. The molecule has 0 amide bonds. The van der Waals surface area contributed by atoms with E-state index in [1.54, 1.807) is 18.3 Å². The largest absolute Gasteiger partial charge is 0.334 e. The minimum atomic E-state index is -0.221. The molecule has 3 aromatic rings. The summed E-state index contributed by atoms with van der Waals surface area (Å²) in [5.41, 5.74) is 0.664. The van der Waals surface area contributed by atoms with E-state index >= 15 is 0 Å². The molecule has 1 atom stereocenters. The second-order valence-electron chi connectivity index (χ2n) is 5.56. The molecule has 24 heavy (non-hydrogen) atoms. The van der Waals surface area contributed by atoms with Crippen molar-refractivity contribution in [3.05, 3.63) is 46.8 Å². The molecule has 1 N–H and O–H groups in total. The Morgan fingerprint density at radius 3 is 3.08 bits per heavy atom. The molecular weight excluding hydrogens is 332 g/mol. The van der Waals surface area contributed by atoms with E-state index in [1.165, 1.54) is 10.6 Å².